The van der Waals surface area contributed by atoms with Gasteiger partial charge in [0.15, 0.2) is 0 Å². The molecular formula is C54H76N2O8S2. The number of hydrogen-bond donors (Lipinski definition) is 2. The zero-order valence-electron chi connectivity index (χ0n) is 40.2. The lowest BCUT2D eigenvalue weighted by Crippen LogP contribution is -2.47. The van der Waals surface area contributed by atoms with Crippen molar-refractivity contribution in [3.63, 3.8) is 0 Å². The first-order valence-corrected chi connectivity index (χ1v) is 27.7. The lowest BCUT2D eigenvalue weighted by molar-refractivity contribution is -0.125. The van der Waals surface area contributed by atoms with E-state index >= 15 is 4.79 Å². The molecule has 2 amide bonds. The van der Waals surface area contributed by atoms with Crippen LogP contribution in [0.1, 0.15) is 216 Å². The Morgan fingerprint density at radius 1 is 0.621 bits per heavy atom. The van der Waals surface area contributed by atoms with Crippen LogP contribution in [0.2, 0.25) is 0 Å². The number of carboxylic acid groups (broad SMARTS) is 2. The molecule has 6 aliphatic carbocycles. The number of carbonyl (C=O) groups is 4. The van der Waals surface area contributed by atoms with E-state index in [2.05, 4.69) is 26.0 Å². The van der Waals surface area contributed by atoms with E-state index in [1.165, 1.54) is 28.2 Å². The normalized spacial score (nSPS) is 29.7. The van der Waals surface area contributed by atoms with Gasteiger partial charge in [-0.1, -0.05) is 26.0 Å². The van der Waals surface area contributed by atoms with Gasteiger partial charge in [0, 0.05) is 58.4 Å². The molecule has 12 heteroatoms. The Balaban J connectivity index is 1.23. The Labute approximate surface area is 401 Å². The van der Waals surface area contributed by atoms with Crippen molar-refractivity contribution >= 4 is 68.9 Å². The molecule has 0 radical (unpaired) electrons. The summed E-state index contributed by atoms with van der Waals surface area (Å²) in [6, 6.07) is 1.77. The summed E-state index contributed by atoms with van der Waals surface area (Å²) in [4.78, 5) is 63.4. The molecule has 4 saturated carbocycles. The van der Waals surface area contributed by atoms with Crippen molar-refractivity contribution < 1.29 is 38.9 Å². The highest BCUT2D eigenvalue weighted by Gasteiger charge is 2.43. The summed E-state index contributed by atoms with van der Waals surface area (Å²) in [6.07, 6.45) is 24.9. The van der Waals surface area contributed by atoms with Crippen LogP contribution in [0.25, 0.3) is 11.1 Å². The smallest absolute Gasteiger partial charge is 0.348 e. The number of nitrogens with zero attached hydrogens (tertiary/aromatic N) is 2. The van der Waals surface area contributed by atoms with Crippen molar-refractivity contribution in [1.82, 2.24) is 0 Å². The summed E-state index contributed by atoms with van der Waals surface area (Å²) < 4.78 is 12.1. The minimum Gasteiger partial charge on any atom is -0.477 e. The third kappa shape index (κ3) is 10.9. The van der Waals surface area contributed by atoms with Crippen molar-refractivity contribution in [3.8, 4) is 0 Å². The fraction of sp³-hybridized carbons (Fsp3) is 0.704. The third-order valence-electron chi connectivity index (χ3n) is 16.2. The Morgan fingerprint density at radius 2 is 1.15 bits per heavy atom. The number of rotatable bonds is 15. The van der Waals surface area contributed by atoms with Gasteiger partial charge in [-0.3, -0.25) is 9.59 Å². The minimum atomic E-state index is -1.02. The first-order chi connectivity index (χ1) is 31.9. The summed E-state index contributed by atoms with van der Waals surface area (Å²) in [6.45, 7) is 9.86. The van der Waals surface area contributed by atoms with Gasteiger partial charge >= 0.3 is 11.9 Å². The van der Waals surface area contributed by atoms with Crippen LogP contribution in [-0.4, -0.2) is 71.5 Å². The summed E-state index contributed by atoms with van der Waals surface area (Å²) >= 11 is 2.64. The zero-order valence-corrected chi connectivity index (χ0v) is 41.8. The zero-order chi connectivity index (χ0) is 46.5. The Morgan fingerprint density at radius 3 is 1.67 bits per heavy atom. The SMILES string of the molecule is CCOC1CCC(N(C(=O)C2CCC(C)CC2)c2cc(C3=CC(c4c(C5=CCCCC5)sc(C(=O)O)c4N(C(=O)C4CCC(C)CC4)C4CCC(OCC)CC4)CCC3)sc2C(=O)O)CC1. The highest BCUT2D eigenvalue weighted by Crippen LogP contribution is 2.52. The van der Waals surface area contributed by atoms with E-state index in [-0.39, 0.29) is 63.6 Å². The lowest BCUT2D eigenvalue weighted by atomic mass is 9.80. The maximum atomic E-state index is 15.3. The number of amides is 2. The van der Waals surface area contributed by atoms with E-state index in [9.17, 15) is 24.6 Å². The van der Waals surface area contributed by atoms with Gasteiger partial charge in [0.2, 0.25) is 11.8 Å². The number of aromatic carboxylic acids is 2. The van der Waals surface area contributed by atoms with Crippen LogP contribution >= 0.6 is 22.7 Å². The first kappa shape index (κ1) is 49.1. The molecule has 10 nitrogen and oxygen atoms in total. The summed E-state index contributed by atoms with van der Waals surface area (Å²) in [7, 11) is 0. The highest BCUT2D eigenvalue weighted by atomic mass is 32.1. The Bertz CT molecular complexity index is 2090. The van der Waals surface area contributed by atoms with E-state index in [0.717, 1.165) is 169 Å². The number of hydrogen-bond acceptors (Lipinski definition) is 8. The molecular weight excluding hydrogens is 869 g/mol. The molecule has 6 aliphatic rings. The van der Waals surface area contributed by atoms with Crippen LogP contribution in [0.4, 0.5) is 11.4 Å². The lowest BCUT2D eigenvalue weighted by Gasteiger charge is -2.40. The predicted octanol–water partition coefficient (Wildman–Crippen LogP) is 13.5. The summed E-state index contributed by atoms with van der Waals surface area (Å²) in [5.41, 5.74) is 4.33. The topological polar surface area (TPSA) is 134 Å². The van der Waals surface area contributed by atoms with Gasteiger partial charge in [0.1, 0.15) is 9.75 Å². The fourth-order valence-corrected chi connectivity index (χ4v) is 14.8. The van der Waals surface area contributed by atoms with Gasteiger partial charge < -0.3 is 29.5 Å². The molecule has 2 aromatic rings. The number of allylic oxidation sites excluding steroid dienone is 4. The van der Waals surface area contributed by atoms with Gasteiger partial charge in [0.05, 0.1) is 23.6 Å². The van der Waals surface area contributed by atoms with Gasteiger partial charge in [-0.25, -0.2) is 9.59 Å². The Kier molecular flexibility index (Phi) is 16.7. The molecule has 4 fully saturated rings. The molecule has 66 heavy (non-hydrogen) atoms. The van der Waals surface area contributed by atoms with E-state index in [1.54, 1.807) is 0 Å². The van der Waals surface area contributed by atoms with E-state index in [4.69, 9.17) is 9.47 Å². The molecule has 0 aliphatic heterocycles. The summed E-state index contributed by atoms with van der Waals surface area (Å²) in [5, 5.41) is 22.1. The molecule has 0 spiro atoms. The predicted molar refractivity (Wildman–Crippen MR) is 266 cm³/mol. The van der Waals surface area contributed by atoms with Crippen LogP contribution in [0.3, 0.4) is 0 Å². The second-order valence-corrected chi connectivity index (χ2v) is 22.8. The van der Waals surface area contributed by atoms with E-state index in [1.807, 2.05) is 29.7 Å². The van der Waals surface area contributed by atoms with Gasteiger partial charge in [-0.15, -0.1) is 22.7 Å². The number of thiophene rings is 2. The molecule has 0 saturated heterocycles. The summed E-state index contributed by atoms with van der Waals surface area (Å²) in [5.74, 6) is -1.16. The van der Waals surface area contributed by atoms with Crippen molar-refractivity contribution in [1.29, 1.82) is 0 Å². The standard InChI is InChI=1S/C54H76N2O8S2/c1-5-63-42-27-23-40(24-28-42)55(51(57)36-19-15-33(3)16-20-36)44-32-45(65-49(44)53(59)60)38-13-10-14-39(31-38)46-47(50(54(61)62)66-48(46)35-11-8-7-9-12-35)56(41-25-29-43(30-26-41)64-6-2)52(58)37-21-17-34(4)18-22-37/h11,31-34,36-37,39-43H,5-10,12-30H2,1-4H3,(H,59,60)(H,61,62). The average molecular weight is 945 g/mol. The number of ether oxygens (including phenoxy) is 2. The molecule has 2 aromatic heterocycles. The minimum absolute atomic E-state index is 0.0612. The van der Waals surface area contributed by atoms with Gasteiger partial charge in [0.25, 0.3) is 0 Å². The molecule has 2 N–H and O–H groups in total. The van der Waals surface area contributed by atoms with Gasteiger partial charge in [-0.2, -0.15) is 0 Å². The van der Waals surface area contributed by atoms with Crippen molar-refractivity contribution in [3.05, 3.63) is 43.3 Å². The van der Waals surface area contributed by atoms with Crippen molar-refractivity contribution in [2.75, 3.05) is 23.0 Å². The van der Waals surface area contributed by atoms with Crippen LogP contribution < -0.4 is 9.80 Å². The molecule has 8 rings (SSSR count). The number of anilines is 2. The van der Waals surface area contributed by atoms with Crippen LogP contribution in [0.5, 0.6) is 0 Å². The maximum absolute atomic E-state index is 15.3. The third-order valence-corrected chi connectivity index (χ3v) is 18.6. The number of carboxylic acids is 2. The maximum Gasteiger partial charge on any atom is 0.348 e. The molecule has 362 valence electrons. The fourth-order valence-electron chi connectivity index (χ4n) is 12.5. The van der Waals surface area contributed by atoms with E-state index in [0.29, 0.717) is 36.4 Å². The van der Waals surface area contributed by atoms with Crippen LogP contribution in [0, 0.1) is 23.7 Å². The van der Waals surface area contributed by atoms with Gasteiger partial charge in [-0.05, 0) is 191 Å². The molecule has 1 unspecified atom stereocenters. The average Bonchev–Trinajstić information content (AvgIpc) is 3.95. The quantitative estimate of drug-likeness (QED) is 0.180. The molecule has 2 heterocycles. The van der Waals surface area contributed by atoms with Crippen molar-refractivity contribution in [2.45, 2.75) is 206 Å². The van der Waals surface area contributed by atoms with Crippen molar-refractivity contribution in [2.24, 2.45) is 23.7 Å². The second kappa shape index (κ2) is 22.4. The number of carbonyl (C=O) groups excluding carboxylic acids is 2. The highest BCUT2D eigenvalue weighted by molar-refractivity contribution is 7.16. The largest absolute Gasteiger partial charge is 0.477 e. The van der Waals surface area contributed by atoms with Crippen LogP contribution in [-0.2, 0) is 19.1 Å². The second-order valence-electron chi connectivity index (χ2n) is 20.7. The first-order valence-electron chi connectivity index (χ1n) is 26.0. The molecule has 1 atom stereocenters. The Hall–Kier alpha value is -3.32. The molecule has 0 aromatic carbocycles. The monoisotopic (exact) mass is 945 g/mol. The molecule has 0 bridgehead atoms. The van der Waals surface area contributed by atoms with E-state index < -0.39 is 11.9 Å². The van der Waals surface area contributed by atoms with Crippen LogP contribution in [0.15, 0.2) is 18.2 Å².